The van der Waals surface area contributed by atoms with Crippen LogP contribution in [0, 0.1) is 5.92 Å². The Kier molecular flexibility index (Phi) is 4.86. The monoisotopic (exact) mass is 299 g/mol. The number of hydrogen-bond donors (Lipinski definition) is 2. The molecule has 0 bridgehead atoms. The van der Waals surface area contributed by atoms with Gasteiger partial charge in [-0.15, -0.1) is 0 Å². The van der Waals surface area contributed by atoms with Crippen molar-refractivity contribution in [1.82, 2.24) is 5.32 Å². The predicted octanol–water partition coefficient (Wildman–Crippen LogP) is 2.89. The first kappa shape index (κ1) is 14.4. The molecular weight excluding hydrogens is 285 g/mol. The van der Waals surface area contributed by atoms with Crippen LogP contribution in [0.2, 0.25) is 10.0 Å². The Morgan fingerprint density at radius 2 is 2.16 bits per heavy atom. The molecule has 0 unspecified atom stereocenters. The molecule has 102 valence electrons. The molecule has 1 aromatic carbocycles. The Morgan fingerprint density at radius 3 is 2.84 bits per heavy atom. The Morgan fingerprint density at radius 1 is 1.42 bits per heavy atom. The van der Waals surface area contributed by atoms with Crippen molar-refractivity contribution >= 4 is 35.2 Å². The quantitative estimate of drug-likeness (QED) is 0.840. The largest absolute Gasteiger partial charge is 0.393 e. The highest BCUT2D eigenvalue weighted by Crippen LogP contribution is 2.27. The second-order valence-electron chi connectivity index (χ2n) is 4.71. The van der Waals surface area contributed by atoms with E-state index in [2.05, 4.69) is 5.32 Å². The summed E-state index contributed by atoms with van der Waals surface area (Å²) in [7, 11) is 0. The average molecular weight is 300 g/mol. The summed E-state index contributed by atoms with van der Waals surface area (Å²) >= 11 is 11.9. The minimum atomic E-state index is -0.192. The third-order valence-corrected chi connectivity index (χ3v) is 4.01. The van der Waals surface area contributed by atoms with Crippen molar-refractivity contribution in [1.29, 1.82) is 0 Å². The van der Waals surface area contributed by atoms with E-state index in [0.717, 1.165) is 12.8 Å². The van der Waals surface area contributed by atoms with E-state index in [1.165, 1.54) is 6.08 Å². The molecule has 1 aliphatic rings. The molecule has 19 heavy (non-hydrogen) atoms. The van der Waals surface area contributed by atoms with E-state index in [-0.39, 0.29) is 12.0 Å². The third kappa shape index (κ3) is 3.96. The van der Waals surface area contributed by atoms with Crippen LogP contribution >= 0.6 is 23.2 Å². The van der Waals surface area contributed by atoms with E-state index in [1.807, 2.05) is 0 Å². The number of halogens is 2. The molecule has 1 saturated carbocycles. The van der Waals surface area contributed by atoms with Gasteiger partial charge in [0, 0.05) is 12.6 Å². The molecule has 0 saturated heterocycles. The molecule has 0 atom stereocenters. The summed E-state index contributed by atoms with van der Waals surface area (Å²) in [4.78, 5) is 11.6. The molecule has 2 N–H and O–H groups in total. The van der Waals surface area contributed by atoms with Gasteiger partial charge in [0.15, 0.2) is 0 Å². The van der Waals surface area contributed by atoms with Crippen LogP contribution in [0.25, 0.3) is 6.08 Å². The number of nitrogens with one attached hydrogen (secondary N) is 1. The fourth-order valence-corrected chi connectivity index (χ4v) is 2.36. The van der Waals surface area contributed by atoms with Crippen molar-refractivity contribution in [3.8, 4) is 0 Å². The number of benzene rings is 1. The second-order valence-corrected chi connectivity index (χ2v) is 5.50. The number of aliphatic hydroxyl groups is 1. The van der Waals surface area contributed by atoms with E-state index in [9.17, 15) is 4.79 Å². The van der Waals surface area contributed by atoms with Crippen LogP contribution in [0.4, 0.5) is 0 Å². The van der Waals surface area contributed by atoms with Gasteiger partial charge in [0.2, 0.25) is 5.91 Å². The SMILES string of the molecule is O=C(C=Cc1cccc(Cl)c1Cl)NCC1CC(O)C1. The highest BCUT2D eigenvalue weighted by atomic mass is 35.5. The van der Waals surface area contributed by atoms with Crippen LogP contribution in [0.1, 0.15) is 18.4 Å². The molecule has 1 amide bonds. The van der Waals surface area contributed by atoms with Gasteiger partial charge in [-0.1, -0.05) is 35.3 Å². The number of aliphatic hydroxyl groups excluding tert-OH is 1. The first-order valence-corrected chi connectivity index (χ1v) is 6.90. The average Bonchev–Trinajstić information content (AvgIpc) is 2.35. The predicted molar refractivity (Wildman–Crippen MR) is 77.2 cm³/mol. The summed E-state index contributed by atoms with van der Waals surface area (Å²) < 4.78 is 0. The van der Waals surface area contributed by atoms with Crippen molar-refractivity contribution in [3.63, 3.8) is 0 Å². The van der Waals surface area contributed by atoms with Gasteiger partial charge in [0.05, 0.1) is 16.1 Å². The van der Waals surface area contributed by atoms with Crippen molar-refractivity contribution < 1.29 is 9.90 Å². The molecule has 1 fully saturated rings. The number of amides is 1. The maximum absolute atomic E-state index is 11.6. The molecule has 1 aromatic rings. The lowest BCUT2D eigenvalue weighted by Gasteiger charge is -2.31. The fourth-order valence-electron chi connectivity index (χ4n) is 1.99. The summed E-state index contributed by atoms with van der Waals surface area (Å²) in [5.41, 5.74) is 0.711. The Bertz CT molecular complexity index is 496. The molecular formula is C14H15Cl2NO2. The maximum atomic E-state index is 11.6. The summed E-state index contributed by atoms with van der Waals surface area (Å²) in [5.74, 6) is 0.222. The number of carbonyl (C=O) groups excluding carboxylic acids is 1. The zero-order valence-corrected chi connectivity index (χ0v) is 11.8. The smallest absolute Gasteiger partial charge is 0.244 e. The number of hydrogen-bond acceptors (Lipinski definition) is 2. The normalized spacial score (nSPS) is 22.3. The molecule has 0 aliphatic heterocycles. The summed E-state index contributed by atoms with van der Waals surface area (Å²) in [5, 5.41) is 12.8. The molecule has 0 spiro atoms. The Labute approximate surface area is 122 Å². The second kappa shape index (κ2) is 6.42. The molecule has 0 heterocycles. The van der Waals surface area contributed by atoms with Gasteiger partial charge in [-0.25, -0.2) is 0 Å². The van der Waals surface area contributed by atoms with Crippen LogP contribution in [-0.2, 0) is 4.79 Å². The summed E-state index contributed by atoms with van der Waals surface area (Å²) in [6.07, 6.45) is 4.42. The first-order valence-electron chi connectivity index (χ1n) is 6.14. The van der Waals surface area contributed by atoms with Gasteiger partial charge < -0.3 is 10.4 Å². The summed E-state index contributed by atoms with van der Waals surface area (Å²) in [6, 6.07) is 5.27. The van der Waals surface area contributed by atoms with Crippen molar-refractivity contribution in [2.45, 2.75) is 18.9 Å². The number of carbonyl (C=O) groups is 1. The van der Waals surface area contributed by atoms with E-state index in [1.54, 1.807) is 24.3 Å². The Balaban J connectivity index is 1.84. The molecule has 1 aliphatic carbocycles. The minimum Gasteiger partial charge on any atom is -0.393 e. The maximum Gasteiger partial charge on any atom is 0.244 e. The van der Waals surface area contributed by atoms with Crippen LogP contribution in [0.15, 0.2) is 24.3 Å². The lowest BCUT2D eigenvalue weighted by molar-refractivity contribution is -0.117. The van der Waals surface area contributed by atoms with Gasteiger partial charge >= 0.3 is 0 Å². The lowest BCUT2D eigenvalue weighted by Crippen LogP contribution is -2.37. The van der Waals surface area contributed by atoms with Gasteiger partial charge in [-0.3, -0.25) is 4.79 Å². The van der Waals surface area contributed by atoms with Gasteiger partial charge in [0.1, 0.15) is 0 Å². The summed E-state index contributed by atoms with van der Waals surface area (Å²) in [6.45, 7) is 0.601. The van der Waals surface area contributed by atoms with E-state index < -0.39 is 0 Å². The minimum absolute atomic E-state index is 0.169. The standard InChI is InChI=1S/C14H15Cl2NO2/c15-12-3-1-2-10(14(12)16)4-5-13(19)17-8-9-6-11(18)7-9/h1-5,9,11,18H,6-8H2,(H,17,19). The van der Waals surface area contributed by atoms with Crippen molar-refractivity contribution in [3.05, 3.63) is 39.9 Å². The highest BCUT2D eigenvalue weighted by Gasteiger charge is 2.26. The van der Waals surface area contributed by atoms with Gasteiger partial charge in [0.25, 0.3) is 0 Å². The van der Waals surface area contributed by atoms with E-state index in [4.69, 9.17) is 28.3 Å². The van der Waals surface area contributed by atoms with Crippen LogP contribution in [-0.4, -0.2) is 23.7 Å². The molecule has 2 rings (SSSR count). The van der Waals surface area contributed by atoms with Gasteiger partial charge in [-0.05, 0) is 36.5 Å². The van der Waals surface area contributed by atoms with E-state index in [0.29, 0.717) is 28.1 Å². The molecule has 3 nitrogen and oxygen atoms in total. The highest BCUT2D eigenvalue weighted by molar-refractivity contribution is 6.42. The third-order valence-electron chi connectivity index (χ3n) is 3.17. The van der Waals surface area contributed by atoms with Crippen LogP contribution in [0.3, 0.4) is 0 Å². The lowest BCUT2D eigenvalue weighted by atomic mass is 9.82. The van der Waals surface area contributed by atoms with Crippen molar-refractivity contribution in [2.75, 3.05) is 6.54 Å². The van der Waals surface area contributed by atoms with Crippen molar-refractivity contribution in [2.24, 2.45) is 5.92 Å². The topological polar surface area (TPSA) is 49.3 Å². The van der Waals surface area contributed by atoms with E-state index >= 15 is 0 Å². The zero-order chi connectivity index (χ0) is 13.8. The molecule has 5 heteroatoms. The van der Waals surface area contributed by atoms with Crippen LogP contribution < -0.4 is 5.32 Å². The molecule has 0 radical (unpaired) electrons. The van der Waals surface area contributed by atoms with Crippen LogP contribution in [0.5, 0.6) is 0 Å². The fraction of sp³-hybridized carbons (Fsp3) is 0.357. The van der Waals surface area contributed by atoms with Gasteiger partial charge in [-0.2, -0.15) is 0 Å². The first-order chi connectivity index (χ1) is 9.06. The number of rotatable bonds is 4. The molecule has 0 aromatic heterocycles. The Hall–Kier alpha value is -1.03. The zero-order valence-electron chi connectivity index (χ0n) is 10.3.